The number of ether oxygens (including phenoxy) is 1. The Bertz CT molecular complexity index is 636. The first-order valence-electron chi connectivity index (χ1n) is 6.01. The number of anilines is 1. The van der Waals surface area contributed by atoms with E-state index in [1.807, 2.05) is 31.2 Å². The fourth-order valence-electron chi connectivity index (χ4n) is 1.63. The van der Waals surface area contributed by atoms with Crippen LogP contribution >= 0.6 is 0 Å². The molecule has 0 unspecified atom stereocenters. The predicted molar refractivity (Wildman–Crippen MR) is 74.7 cm³/mol. The van der Waals surface area contributed by atoms with Gasteiger partial charge in [0.05, 0.1) is 18.2 Å². The van der Waals surface area contributed by atoms with E-state index in [4.69, 9.17) is 0 Å². The van der Waals surface area contributed by atoms with E-state index >= 15 is 0 Å². The van der Waals surface area contributed by atoms with Crippen LogP contribution in [-0.2, 0) is 4.74 Å². The van der Waals surface area contributed by atoms with E-state index in [2.05, 4.69) is 15.0 Å². The van der Waals surface area contributed by atoms with Crippen molar-refractivity contribution in [2.24, 2.45) is 0 Å². The lowest BCUT2D eigenvalue weighted by atomic mass is 10.2. The van der Waals surface area contributed by atoms with Crippen LogP contribution in [0.25, 0.3) is 0 Å². The molecule has 2 aromatic rings. The van der Waals surface area contributed by atoms with E-state index in [-0.39, 0.29) is 11.5 Å². The highest BCUT2D eigenvalue weighted by atomic mass is 16.5. The lowest BCUT2D eigenvalue weighted by Gasteiger charge is -2.06. The number of aryl methyl sites for hydroxylation is 1. The molecule has 0 atom stereocenters. The van der Waals surface area contributed by atoms with Gasteiger partial charge >= 0.3 is 5.97 Å². The third kappa shape index (κ3) is 3.20. The number of rotatable bonds is 3. The standard InChI is InChI=1S/C15H14N2O3/c1-10-3-5-13(6-4-10)17-14(18)11-7-12(9-16-8-11)15(19)20-2/h3-9H,1-2H3,(H,17,18). The summed E-state index contributed by atoms with van der Waals surface area (Å²) in [6, 6.07) is 8.87. The second-order valence-electron chi connectivity index (χ2n) is 4.27. The van der Waals surface area contributed by atoms with Gasteiger partial charge in [-0.05, 0) is 25.1 Å². The number of methoxy groups -OCH3 is 1. The molecular weight excluding hydrogens is 256 g/mol. The van der Waals surface area contributed by atoms with E-state index in [0.29, 0.717) is 11.3 Å². The summed E-state index contributed by atoms with van der Waals surface area (Å²) in [6.45, 7) is 1.97. The van der Waals surface area contributed by atoms with Gasteiger partial charge in [-0.2, -0.15) is 0 Å². The molecule has 5 heteroatoms. The number of carbonyl (C=O) groups excluding carboxylic acids is 2. The Morgan fingerprint density at radius 1 is 1.10 bits per heavy atom. The van der Waals surface area contributed by atoms with Gasteiger partial charge in [0.1, 0.15) is 0 Å². The van der Waals surface area contributed by atoms with Gasteiger partial charge < -0.3 is 10.1 Å². The molecule has 1 N–H and O–H groups in total. The summed E-state index contributed by atoms with van der Waals surface area (Å²) in [5.74, 6) is -0.852. The molecule has 0 radical (unpaired) electrons. The van der Waals surface area contributed by atoms with Crippen LogP contribution in [0, 0.1) is 6.92 Å². The van der Waals surface area contributed by atoms with E-state index in [1.54, 1.807) is 0 Å². The summed E-state index contributed by atoms with van der Waals surface area (Å²) in [5, 5.41) is 2.74. The number of aromatic nitrogens is 1. The first-order chi connectivity index (χ1) is 9.60. The number of carbonyl (C=O) groups is 2. The molecule has 5 nitrogen and oxygen atoms in total. The molecule has 20 heavy (non-hydrogen) atoms. The lowest BCUT2D eigenvalue weighted by molar-refractivity contribution is 0.0600. The highest BCUT2D eigenvalue weighted by Crippen LogP contribution is 2.11. The third-order valence-corrected chi connectivity index (χ3v) is 2.73. The molecule has 0 fully saturated rings. The van der Waals surface area contributed by atoms with Crippen LogP contribution in [-0.4, -0.2) is 24.0 Å². The molecule has 0 bridgehead atoms. The Kier molecular flexibility index (Phi) is 4.10. The van der Waals surface area contributed by atoms with Gasteiger partial charge in [-0.3, -0.25) is 9.78 Å². The average molecular weight is 270 g/mol. The Balaban J connectivity index is 2.17. The Morgan fingerprint density at radius 3 is 2.40 bits per heavy atom. The topological polar surface area (TPSA) is 68.3 Å². The van der Waals surface area contributed by atoms with E-state index in [0.717, 1.165) is 5.56 Å². The number of esters is 1. The fourth-order valence-corrected chi connectivity index (χ4v) is 1.63. The summed E-state index contributed by atoms with van der Waals surface area (Å²) >= 11 is 0. The molecule has 1 aromatic heterocycles. The molecular formula is C15H14N2O3. The van der Waals surface area contributed by atoms with Crippen LogP contribution in [0.2, 0.25) is 0 Å². The van der Waals surface area contributed by atoms with Crippen molar-refractivity contribution in [3.05, 3.63) is 59.4 Å². The van der Waals surface area contributed by atoms with Gasteiger partial charge in [-0.25, -0.2) is 4.79 Å². The van der Waals surface area contributed by atoms with Crippen LogP contribution in [0.5, 0.6) is 0 Å². The number of hydrogen-bond donors (Lipinski definition) is 1. The normalized spacial score (nSPS) is 9.90. The molecule has 0 saturated heterocycles. The molecule has 1 heterocycles. The molecule has 0 saturated carbocycles. The third-order valence-electron chi connectivity index (χ3n) is 2.73. The van der Waals surface area contributed by atoms with Gasteiger partial charge in [0, 0.05) is 18.1 Å². The summed E-state index contributed by atoms with van der Waals surface area (Å²) in [7, 11) is 1.28. The number of amides is 1. The van der Waals surface area contributed by atoms with E-state index in [9.17, 15) is 9.59 Å². The van der Waals surface area contributed by atoms with Crippen molar-refractivity contribution in [1.82, 2.24) is 4.98 Å². The Labute approximate surface area is 116 Å². The maximum absolute atomic E-state index is 12.1. The van der Waals surface area contributed by atoms with Crippen LogP contribution in [0.4, 0.5) is 5.69 Å². The lowest BCUT2D eigenvalue weighted by Crippen LogP contribution is -2.13. The van der Waals surface area contributed by atoms with Gasteiger partial charge in [0.15, 0.2) is 0 Å². The van der Waals surface area contributed by atoms with Crippen LogP contribution < -0.4 is 5.32 Å². The van der Waals surface area contributed by atoms with Crippen LogP contribution in [0.15, 0.2) is 42.7 Å². The van der Waals surface area contributed by atoms with Crippen molar-refractivity contribution in [2.45, 2.75) is 6.92 Å². The smallest absolute Gasteiger partial charge is 0.339 e. The van der Waals surface area contributed by atoms with Crippen LogP contribution in [0.3, 0.4) is 0 Å². The van der Waals surface area contributed by atoms with E-state index < -0.39 is 5.97 Å². The zero-order chi connectivity index (χ0) is 14.5. The second kappa shape index (κ2) is 5.97. The van der Waals surface area contributed by atoms with Crippen molar-refractivity contribution >= 4 is 17.6 Å². The quantitative estimate of drug-likeness (QED) is 0.870. The summed E-state index contributed by atoms with van der Waals surface area (Å²) < 4.78 is 4.59. The van der Waals surface area contributed by atoms with Crippen molar-refractivity contribution < 1.29 is 14.3 Å². The zero-order valence-electron chi connectivity index (χ0n) is 11.2. The van der Waals surface area contributed by atoms with Gasteiger partial charge in [0.2, 0.25) is 0 Å². The largest absolute Gasteiger partial charge is 0.465 e. The monoisotopic (exact) mass is 270 g/mol. The zero-order valence-corrected chi connectivity index (χ0v) is 11.2. The molecule has 0 aliphatic rings. The maximum atomic E-state index is 12.1. The second-order valence-corrected chi connectivity index (χ2v) is 4.27. The number of nitrogens with one attached hydrogen (secondary N) is 1. The number of pyridine rings is 1. The molecule has 1 aromatic carbocycles. The highest BCUT2D eigenvalue weighted by molar-refractivity contribution is 6.05. The van der Waals surface area contributed by atoms with Crippen molar-refractivity contribution in [1.29, 1.82) is 0 Å². The fraction of sp³-hybridized carbons (Fsp3) is 0.133. The minimum atomic E-state index is -0.525. The van der Waals surface area contributed by atoms with Crippen molar-refractivity contribution in [3.63, 3.8) is 0 Å². The highest BCUT2D eigenvalue weighted by Gasteiger charge is 2.11. The van der Waals surface area contributed by atoms with Crippen molar-refractivity contribution in [2.75, 3.05) is 12.4 Å². The molecule has 0 aliphatic heterocycles. The predicted octanol–water partition coefficient (Wildman–Crippen LogP) is 2.43. The summed E-state index contributed by atoms with van der Waals surface area (Å²) in [4.78, 5) is 27.3. The molecule has 0 spiro atoms. The van der Waals surface area contributed by atoms with Gasteiger partial charge in [-0.1, -0.05) is 17.7 Å². The van der Waals surface area contributed by atoms with Crippen LogP contribution in [0.1, 0.15) is 26.3 Å². The number of hydrogen-bond acceptors (Lipinski definition) is 4. The minimum Gasteiger partial charge on any atom is -0.465 e. The summed E-state index contributed by atoms with van der Waals surface area (Å²) in [6.07, 6.45) is 2.75. The SMILES string of the molecule is COC(=O)c1cncc(C(=O)Nc2ccc(C)cc2)c1. The van der Waals surface area contributed by atoms with E-state index in [1.165, 1.54) is 25.6 Å². The number of nitrogens with zero attached hydrogens (tertiary/aromatic N) is 1. The molecule has 2 rings (SSSR count). The van der Waals surface area contributed by atoms with Gasteiger partial charge in [0.25, 0.3) is 5.91 Å². The first-order valence-corrected chi connectivity index (χ1v) is 6.01. The minimum absolute atomic E-state index is 0.240. The van der Waals surface area contributed by atoms with Crippen molar-refractivity contribution in [3.8, 4) is 0 Å². The molecule has 102 valence electrons. The number of benzene rings is 1. The Morgan fingerprint density at radius 2 is 1.75 bits per heavy atom. The maximum Gasteiger partial charge on any atom is 0.339 e. The Hall–Kier alpha value is -2.69. The average Bonchev–Trinajstić information content (AvgIpc) is 2.49. The molecule has 1 amide bonds. The summed E-state index contributed by atoms with van der Waals surface area (Å²) in [5.41, 5.74) is 2.33. The molecule has 0 aliphatic carbocycles. The van der Waals surface area contributed by atoms with Gasteiger partial charge in [-0.15, -0.1) is 0 Å². The first kappa shape index (κ1) is 13.7.